The SMILES string of the molecule is CS(=O)(=O)CCNC(=O)c1cc(Cl)ccc1O. The Morgan fingerprint density at radius 1 is 1.47 bits per heavy atom. The zero-order valence-electron chi connectivity index (χ0n) is 9.10. The highest BCUT2D eigenvalue weighted by Gasteiger charge is 2.12. The standard InChI is InChI=1S/C10H12ClNO4S/c1-17(15,16)5-4-12-10(14)8-6-7(11)2-3-9(8)13/h2-3,6,13H,4-5H2,1H3,(H,12,14). The maximum atomic E-state index is 11.6. The Hall–Kier alpha value is -1.27. The number of amides is 1. The first kappa shape index (κ1) is 13.8. The molecule has 7 heteroatoms. The van der Waals surface area contributed by atoms with Crippen LogP contribution in [0.25, 0.3) is 0 Å². The van der Waals surface area contributed by atoms with E-state index in [0.717, 1.165) is 6.26 Å². The van der Waals surface area contributed by atoms with Gasteiger partial charge in [0.15, 0.2) is 0 Å². The molecule has 0 bridgehead atoms. The summed E-state index contributed by atoms with van der Waals surface area (Å²) < 4.78 is 21.7. The number of benzene rings is 1. The Morgan fingerprint density at radius 3 is 2.71 bits per heavy atom. The predicted molar refractivity (Wildman–Crippen MR) is 65.2 cm³/mol. The van der Waals surface area contributed by atoms with Crippen molar-refractivity contribution in [3.63, 3.8) is 0 Å². The van der Waals surface area contributed by atoms with Crippen LogP contribution in [0.5, 0.6) is 5.75 Å². The molecule has 1 aromatic rings. The number of carbonyl (C=O) groups is 1. The summed E-state index contributed by atoms with van der Waals surface area (Å²) in [5.41, 5.74) is 0.0194. The van der Waals surface area contributed by atoms with Crippen molar-refractivity contribution in [2.45, 2.75) is 0 Å². The fraction of sp³-hybridized carbons (Fsp3) is 0.300. The molecule has 1 aromatic carbocycles. The highest BCUT2D eigenvalue weighted by atomic mass is 35.5. The largest absolute Gasteiger partial charge is 0.507 e. The molecule has 0 heterocycles. The Labute approximate surface area is 104 Å². The van der Waals surface area contributed by atoms with Crippen LogP contribution in [-0.4, -0.2) is 38.0 Å². The number of aromatic hydroxyl groups is 1. The fourth-order valence-electron chi connectivity index (χ4n) is 1.14. The normalized spacial score (nSPS) is 11.2. The highest BCUT2D eigenvalue weighted by Crippen LogP contribution is 2.21. The summed E-state index contributed by atoms with van der Waals surface area (Å²) in [7, 11) is -3.12. The Bertz CT molecular complexity index is 527. The van der Waals surface area contributed by atoms with Crippen LogP contribution >= 0.6 is 11.6 Å². The minimum Gasteiger partial charge on any atom is -0.507 e. The summed E-state index contributed by atoms with van der Waals surface area (Å²) in [4.78, 5) is 11.6. The number of hydrogen-bond donors (Lipinski definition) is 2. The van der Waals surface area contributed by atoms with Crippen molar-refractivity contribution in [3.05, 3.63) is 28.8 Å². The van der Waals surface area contributed by atoms with E-state index in [1.54, 1.807) is 0 Å². The number of hydrogen-bond acceptors (Lipinski definition) is 4. The lowest BCUT2D eigenvalue weighted by Crippen LogP contribution is -2.28. The summed E-state index contributed by atoms with van der Waals surface area (Å²) in [5.74, 6) is -0.917. The lowest BCUT2D eigenvalue weighted by atomic mass is 10.2. The number of phenols is 1. The second-order valence-electron chi connectivity index (χ2n) is 3.55. The first-order valence-electron chi connectivity index (χ1n) is 4.74. The van der Waals surface area contributed by atoms with Gasteiger partial charge in [0.25, 0.3) is 5.91 Å². The predicted octanol–water partition coefficient (Wildman–Crippen LogP) is 0.820. The quantitative estimate of drug-likeness (QED) is 0.853. The van der Waals surface area contributed by atoms with Crippen molar-refractivity contribution in [1.82, 2.24) is 5.32 Å². The van der Waals surface area contributed by atoms with Crippen LogP contribution < -0.4 is 5.32 Å². The molecule has 0 aromatic heterocycles. The van der Waals surface area contributed by atoms with Crippen molar-refractivity contribution >= 4 is 27.3 Å². The van der Waals surface area contributed by atoms with E-state index >= 15 is 0 Å². The van der Waals surface area contributed by atoms with Crippen molar-refractivity contribution in [2.75, 3.05) is 18.6 Å². The fourth-order valence-corrected chi connectivity index (χ4v) is 1.78. The monoisotopic (exact) mass is 277 g/mol. The summed E-state index contributed by atoms with van der Waals surface area (Å²) in [6, 6.07) is 4.06. The number of rotatable bonds is 4. The van der Waals surface area contributed by atoms with Gasteiger partial charge >= 0.3 is 0 Å². The van der Waals surface area contributed by atoms with Crippen molar-refractivity contribution in [2.24, 2.45) is 0 Å². The zero-order valence-corrected chi connectivity index (χ0v) is 10.7. The third kappa shape index (κ3) is 4.62. The molecule has 0 aliphatic carbocycles. The summed E-state index contributed by atoms with van der Waals surface area (Å²) in [6.07, 6.45) is 1.08. The molecular formula is C10H12ClNO4S. The second kappa shape index (κ2) is 5.37. The Balaban J connectivity index is 2.67. The maximum absolute atomic E-state index is 11.6. The van der Waals surface area contributed by atoms with Crippen LogP contribution in [-0.2, 0) is 9.84 Å². The molecular weight excluding hydrogens is 266 g/mol. The van der Waals surface area contributed by atoms with Crippen molar-refractivity contribution < 1.29 is 18.3 Å². The highest BCUT2D eigenvalue weighted by molar-refractivity contribution is 7.90. The molecule has 0 radical (unpaired) electrons. The lowest BCUT2D eigenvalue weighted by molar-refractivity contribution is 0.0953. The van der Waals surface area contributed by atoms with Crippen LogP contribution in [0.3, 0.4) is 0 Å². The van der Waals surface area contributed by atoms with Gasteiger partial charge in [0.2, 0.25) is 0 Å². The van der Waals surface area contributed by atoms with E-state index in [0.29, 0.717) is 5.02 Å². The van der Waals surface area contributed by atoms with Crippen LogP contribution in [0.4, 0.5) is 0 Å². The first-order chi connectivity index (χ1) is 7.79. The van der Waals surface area contributed by atoms with Gasteiger partial charge in [-0.3, -0.25) is 4.79 Å². The molecule has 17 heavy (non-hydrogen) atoms. The van der Waals surface area contributed by atoms with E-state index in [9.17, 15) is 18.3 Å². The molecule has 0 aliphatic rings. The Morgan fingerprint density at radius 2 is 2.12 bits per heavy atom. The van der Waals surface area contributed by atoms with Gasteiger partial charge in [-0.15, -0.1) is 0 Å². The van der Waals surface area contributed by atoms with E-state index < -0.39 is 15.7 Å². The van der Waals surface area contributed by atoms with Gasteiger partial charge in [-0.05, 0) is 18.2 Å². The minimum absolute atomic E-state index is 0.0103. The zero-order chi connectivity index (χ0) is 13.1. The van der Waals surface area contributed by atoms with E-state index in [1.165, 1.54) is 18.2 Å². The summed E-state index contributed by atoms with van der Waals surface area (Å²) in [5, 5.41) is 12.1. The number of halogens is 1. The third-order valence-corrected chi connectivity index (χ3v) is 3.14. The van der Waals surface area contributed by atoms with Gasteiger partial charge < -0.3 is 10.4 Å². The average molecular weight is 278 g/mol. The van der Waals surface area contributed by atoms with Gasteiger partial charge in [-0.25, -0.2) is 8.42 Å². The molecule has 0 saturated heterocycles. The van der Waals surface area contributed by atoms with Crippen molar-refractivity contribution in [3.8, 4) is 5.75 Å². The van der Waals surface area contributed by atoms with E-state index in [4.69, 9.17) is 11.6 Å². The summed E-state index contributed by atoms with van der Waals surface area (Å²) in [6.45, 7) is -0.0103. The van der Waals surface area contributed by atoms with Gasteiger partial charge in [0.1, 0.15) is 15.6 Å². The van der Waals surface area contributed by atoms with E-state index in [2.05, 4.69) is 5.32 Å². The van der Waals surface area contributed by atoms with Gasteiger partial charge in [-0.2, -0.15) is 0 Å². The molecule has 0 saturated carbocycles. The topological polar surface area (TPSA) is 83.5 Å². The maximum Gasteiger partial charge on any atom is 0.255 e. The lowest BCUT2D eigenvalue weighted by Gasteiger charge is -2.06. The van der Waals surface area contributed by atoms with Gasteiger partial charge in [0.05, 0.1) is 11.3 Å². The van der Waals surface area contributed by atoms with Crippen LogP contribution in [0.2, 0.25) is 5.02 Å². The molecule has 2 N–H and O–H groups in total. The van der Waals surface area contributed by atoms with Crippen LogP contribution in [0.15, 0.2) is 18.2 Å². The van der Waals surface area contributed by atoms with Crippen molar-refractivity contribution in [1.29, 1.82) is 0 Å². The molecule has 0 spiro atoms. The van der Waals surface area contributed by atoms with Crippen LogP contribution in [0.1, 0.15) is 10.4 Å². The van der Waals surface area contributed by atoms with Gasteiger partial charge in [-0.1, -0.05) is 11.6 Å². The summed E-state index contributed by atoms with van der Waals surface area (Å²) >= 11 is 5.68. The average Bonchev–Trinajstić information content (AvgIpc) is 2.19. The van der Waals surface area contributed by atoms with Gasteiger partial charge in [0, 0.05) is 17.8 Å². The second-order valence-corrected chi connectivity index (χ2v) is 6.24. The van der Waals surface area contributed by atoms with E-state index in [-0.39, 0.29) is 23.6 Å². The molecule has 1 rings (SSSR count). The minimum atomic E-state index is -3.12. The number of phenolic OH excluding ortho intramolecular Hbond substituents is 1. The third-order valence-electron chi connectivity index (χ3n) is 1.96. The molecule has 1 amide bonds. The smallest absolute Gasteiger partial charge is 0.255 e. The number of sulfone groups is 1. The van der Waals surface area contributed by atoms with Crippen LogP contribution in [0, 0.1) is 0 Å². The Kier molecular flexibility index (Phi) is 4.36. The first-order valence-corrected chi connectivity index (χ1v) is 7.18. The van der Waals surface area contributed by atoms with E-state index in [1.807, 2.05) is 0 Å². The molecule has 5 nitrogen and oxygen atoms in total. The molecule has 0 atom stereocenters. The number of carbonyl (C=O) groups excluding carboxylic acids is 1. The molecule has 0 fully saturated rings. The number of nitrogens with one attached hydrogen (secondary N) is 1. The molecule has 0 aliphatic heterocycles. The molecule has 94 valence electrons. The molecule has 0 unspecified atom stereocenters.